The number of anilines is 1. The Hall–Kier alpha value is -2.87. The molecule has 0 bridgehead atoms. The summed E-state index contributed by atoms with van der Waals surface area (Å²) in [5.41, 5.74) is 2.25. The third-order valence-corrected chi connectivity index (χ3v) is 6.44. The Morgan fingerprint density at radius 3 is 2.74 bits per heavy atom. The molecule has 1 aliphatic rings. The molecule has 1 amide bonds. The van der Waals surface area contributed by atoms with Gasteiger partial charge in [0.2, 0.25) is 0 Å². The van der Waals surface area contributed by atoms with Gasteiger partial charge < -0.3 is 19.7 Å². The Bertz CT molecular complexity index is 1210. The number of aryl methyl sites for hydroxylation is 1. The fourth-order valence-corrected chi connectivity index (χ4v) is 4.79. The summed E-state index contributed by atoms with van der Waals surface area (Å²) in [5.74, 6) is 1.45. The summed E-state index contributed by atoms with van der Waals surface area (Å²) in [6.07, 6.45) is 1.54. The molecule has 0 saturated carbocycles. The second-order valence-electron chi connectivity index (χ2n) is 9.67. The SMILES string of the molecule is COc1cc(C)ccc1-c1nnc(N[C@@H]2CCCN(C(=O)OC(C)(C)C)C2)c2c(Br)cccc12. The second kappa shape index (κ2) is 9.78. The van der Waals surface area contributed by atoms with Crippen molar-refractivity contribution in [2.75, 3.05) is 25.5 Å². The van der Waals surface area contributed by atoms with Gasteiger partial charge in [0.25, 0.3) is 0 Å². The molecule has 1 atom stereocenters. The Labute approximate surface area is 209 Å². The largest absolute Gasteiger partial charge is 0.496 e. The number of rotatable bonds is 4. The number of likely N-dealkylation sites (tertiary alicyclic amines) is 1. The number of hydrogen-bond donors (Lipinski definition) is 1. The van der Waals surface area contributed by atoms with Gasteiger partial charge in [0, 0.05) is 39.9 Å². The molecular formula is C26H31BrN4O3. The third-order valence-electron chi connectivity index (χ3n) is 5.78. The Balaban J connectivity index is 1.66. The number of halogens is 1. The molecule has 2 aromatic carbocycles. The van der Waals surface area contributed by atoms with Gasteiger partial charge in [0.1, 0.15) is 17.0 Å². The maximum absolute atomic E-state index is 12.6. The Morgan fingerprint density at radius 1 is 1.21 bits per heavy atom. The van der Waals surface area contributed by atoms with E-state index in [4.69, 9.17) is 9.47 Å². The molecule has 0 radical (unpaired) electrons. The van der Waals surface area contributed by atoms with Crippen LogP contribution in [0, 0.1) is 6.92 Å². The van der Waals surface area contributed by atoms with Crippen LogP contribution in [0.4, 0.5) is 10.6 Å². The number of nitrogens with one attached hydrogen (secondary N) is 1. The van der Waals surface area contributed by atoms with E-state index < -0.39 is 5.60 Å². The minimum Gasteiger partial charge on any atom is -0.496 e. The first-order valence-electron chi connectivity index (χ1n) is 11.5. The van der Waals surface area contributed by atoms with Gasteiger partial charge in [-0.1, -0.05) is 34.1 Å². The summed E-state index contributed by atoms with van der Waals surface area (Å²) in [4.78, 5) is 14.4. The van der Waals surface area contributed by atoms with E-state index in [2.05, 4.69) is 31.4 Å². The summed E-state index contributed by atoms with van der Waals surface area (Å²) in [6.45, 7) is 8.92. The number of methoxy groups -OCH3 is 1. The van der Waals surface area contributed by atoms with Crippen molar-refractivity contribution in [3.05, 3.63) is 46.4 Å². The number of aromatic nitrogens is 2. The van der Waals surface area contributed by atoms with Crippen LogP contribution in [0.1, 0.15) is 39.2 Å². The van der Waals surface area contributed by atoms with Crippen molar-refractivity contribution in [2.24, 2.45) is 0 Å². The van der Waals surface area contributed by atoms with E-state index in [0.29, 0.717) is 18.9 Å². The number of ether oxygens (including phenoxy) is 2. The van der Waals surface area contributed by atoms with Crippen molar-refractivity contribution in [1.82, 2.24) is 15.1 Å². The van der Waals surface area contributed by atoms with Crippen LogP contribution in [0.15, 0.2) is 40.9 Å². The maximum Gasteiger partial charge on any atom is 0.410 e. The van der Waals surface area contributed by atoms with Gasteiger partial charge in [-0.2, -0.15) is 0 Å². The lowest BCUT2D eigenvalue weighted by molar-refractivity contribution is 0.0206. The van der Waals surface area contributed by atoms with Gasteiger partial charge in [-0.25, -0.2) is 4.79 Å². The van der Waals surface area contributed by atoms with Gasteiger partial charge in [0.15, 0.2) is 5.82 Å². The molecule has 0 unspecified atom stereocenters. The summed E-state index contributed by atoms with van der Waals surface area (Å²) in [5, 5.41) is 14.6. The normalized spacial score (nSPS) is 16.4. The lowest BCUT2D eigenvalue weighted by Gasteiger charge is -2.34. The standard InChI is InChI=1S/C26H31BrN4O3/c1-16-11-12-18(21(14-16)33-5)23-19-9-6-10-20(27)22(19)24(30-29-23)28-17-8-7-13-31(15-17)25(32)34-26(2,3)4/h6,9-12,14,17H,7-8,13,15H2,1-5H3,(H,28,30)/t17-/m1/s1. The summed E-state index contributed by atoms with van der Waals surface area (Å²) >= 11 is 3.71. The van der Waals surface area contributed by atoms with Crippen molar-refractivity contribution >= 4 is 38.6 Å². The molecule has 2 heterocycles. The predicted molar refractivity (Wildman–Crippen MR) is 138 cm³/mol. The van der Waals surface area contributed by atoms with Gasteiger partial charge in [-0.15, -0.1) is 10.2 Å². The number of amides is 1. The zero-order chi connectivity index (χ0) is 24.5. The van der Waals surface area contributed by atoms with Crippen molar-refractivity contribution in [3.8, 4) is 17.0 Å². The van der Waals surface area contributed by atoms with Crippen LogP contribution in [0.25, 0.3) is 22.0 Å². The Morgan fingerprint density at radius 2 is 2.00 bits per heavy atom. The number of nitrogens with zero attached hydrogens (tertiary/aromatic N) is 3. The van der Waals surface area contributed by atoms with Gasteiger partial charge >= 0.3 is 6.09 Å². The number of hydrogen-bond acceptors (Lipinski definition) is 6. The number of benzene rings is 2. The average molecular weight is 527 g/mol. The van der Waals surface area contributed by atoms with E-state index >= 15 is 0 Å². The molecule has 1 saturated heterocycles. The second-order valence-corrected chi connectivity index (χ2v) is 10.5. The first-order valence-corrected chi connectivity index (χ1v) is 12.3. The molecule has 3 aromatic rings. The molecule has 1 aromatic heterocycles. The highest BCUT2D eigenvalue weighted by atomic mass is 79.9. The maximum atomic E-state index is 12.6. The lowest BCUT2D eigenvalue weighted by Crippen LogP contribution is -2.47. The van der Waals surface area contributed by atoms with E-state index in [0.717, 1.165) is 50.7 Å². The molecule has 1 fully saturated rings. The molecule has 8 heteroatoms. The van der Waals surface area contributed by atoms with Crippen LogP contribution < -0.4 is 10.1 Å². The van der Waals surface area contributed by atoms with Crippen molar-refractivity contribution < 1.29 is 14.3 Å². The van der Waals surface area contributed by atoms with Crippen molar-refractivity contribution in [3.63, 3.8) is 0 Å². The van der Waals surface area contributed by atoms with Crippen LogP contribution in [0.5, 0.6) is 5.75 Å². The van der Waals surface area contributed by atoms with Crippen LogP contribution in [-0.4, -0.2) is 53.0 Å². The molecule has 180 valence electrons. The smallest absolute Gasteiger partial charge is 0.410 e. The van der Waals surface area contributed by atoms with Gasteiger partial charge in [-0.3, -0.25) is 0 Å². The highest BCUT2D eigenvalue weighted by molar-refractivity contribution is 9.10. The van der Waals surface area contributed by atoms with E-state index in [1.165, 1.54) is 0 Å². The fourth-order valence-electron chi connectivity index (χ4n) is 4.24. The van der Waals surface area contributed by atoms with Gasteiger partial charge in [0.05, 0.1) is 7.11 Å². The Kier molecular flexibility index (Phi) is 6.98. The van der Waals surface area contributed by atoms with Crippen LogP contribution >= 0.6 is 15.9 Å². The van der Waals surface area contributed by atoms with E-state index in [9.17, 15) is 4.79 Å². The minimum absolute atomic E-state index is 0.0469. The topological polar surface area (TPSA) is 76.6 Å². The molecule has 1 aliphatic heterocycles. The molecular weight excluding hydrogens is 496 g/mol. The summed E-state index contributed by atoms with van der Waals surface area (Å²) < 4.78 is 12.1. The fraction of sp³-hybridized carbons (Fsp3) is 0.423. The van der Waals surface area contributed by atoms with E-state index in [1.54, 1.807) is 12.0 Å². The van der Waals surface area contributed by atoms with Crippen molar-refractivity contribution in [2.45, 2.75) is 52.2 Å². The number of piperidine rings is 1. The monoisotopic (exact) mass is 526 g/mol. The molecule has 4 rings (SSSR count). The minimum atomic E-state index is -0.517. The number of carbonyl (C=O) groups excluding carboxylic acids is 1. The van der Waals surface area contributed by atoms with E-state index in [1.807, 2.05) is 64.1 Å². The molecule has 0 aliphatic carbocycles. The van der Waals surface area contributed by atoms with E-state index in [-0.39, 0.29) is 12.1 Å². The molecule has 1 N–H and O–H groups in total. The molecule has 34 heavy (non-hydrogen) atoms. The summed E-state index contributed by atoms with van der Waals surface area (Å²) in [6, 6.07) is 12.1. The quantitative estimate of drug-likeness (QED) is 0.436. The highest BCUT2D eigenvalue weighted by Crippen LogP contribution is 2.38. The number of fused-ring (bicyclic) bond motifs is 1. The lowest BCUT2D eigenvalue weighted by atomic mass is 10.0. The first kappa shape index (κ1) is 24.3. The number of carbonyl (C=O) groups is 1. The zero-order valence-corrected chi connectivity index (χ0v) is 21.9. The predicted octanol–water partition coefficient (Wildman–Crippen LogP) is 6.19. The zero-order valence-electron chi connectivity index (χ0n) is 20.3. The first-order chi connectivity index (χ1) is 16.2. The summed E-state index contributed by atoms with van der Waals surface area (Å²) in [7, 11) is 1.67. The van der Waals surface area contributed by atoms with Crippen LogP contribution in [0.2, 0.25) is 0 Å². The third kappa shape index (κ3) is 5.27. The highest BCUT2D eigenvalue weighted by Gasteiger charge is 2.28. The average Bonchev–Trinajstić information content (AvgIpc) is 2.78. The molecule has 0 spiro atoms. The molecule has 7 nitrogen and oxygen atoms in total. The van der Waals surface area contributed by atoms with Gasteiger partial charge in [-0.05, 0) is 64.3 Å². The van der Waals surface area contributed by atoms with Crippen molar-refractivity contribution in [1.29, 1.82) is 0 Å². The van der Waals surface area contributed by atoms with Crippen LogP contribution in [0.3, 0.4) is 0 Å². The van der Waals surface area contributed by atoms with Crippen LogP contribution in [-0.2, 0) is 4.74 Å².